The molecule has 0 aliphatic heterocycles. The number of hydrogen-bond acceptors (Lipinski definition) is 2. The van der Waals surface area contributed by atoms with Gasteiger partial charge < -0.3 is 0 Å². The van der Waals surface area contributed by atoms with Crippen molar-refractivity contribution in [2.75, 3.05) is 0 Å². The first-order valence-corrected chi connectivity index (χ1v) is 9.14. The van der Waals surface area contributed by atoms with Crippen LogP contribution < -0.4 is 0 Å². The Hall–Kier alpha value is -0.920. The van der Waals surface area contributed by atoms with Crippen LogP contribution in [0.5, 0.6) is 0 Å². The maximum absolute atomic E-state index is 12.9. The Labute approximate surface area is 133 Å². The number of hydrogen-bond donors (Lipinski definition) is 0. The summed E-state index contributed by atoms with van der Waals surface area (Å²) < 4.78 is 0. The van der Waals surface area contributed by atoms with Crippen LogP contribution in [0.15, 0.2) is 11.6 Å². The van der Waals surface area contributed by atoms with Gasteiger partial charge in [-0.15, -0.1) is 0 Å². The molecule has 0 heterocycles. The minimum atomic E-state index is -0.208. The monoisotopic (exact) mass is 300 g/mol. The average Bonchev–Trinajstić information content (AvgIpc) is 2.77. The molecule has 0 saturated heterocycles. The van der Waals surface area contributed by atoms with E-state index in [1.807, 2.05) is 6.08 Å². The van der Waals surface area contributed by atoms with E-state index in [4.69, 9.17) is 0 Å². The van der Waals surface area contributed by atoms with E-state index in [1.54, 1.807) is 0 Å². The van der Waals surface area contributed by atoms with E-state index in [1.165, 1.54) is 18.4 Å². The van der Waals surface area contributed by atoms with Crippen LogP contribution in [-0.4, -0.2) is 11.6 Å². The first kappa shape index (κ1) is 14.7. The molecule has 22 heavy (non-hydrogen) atoms. The molecule has 3 unspecified atom stereocenters. The lowest BCUT2D eigenvalue weighted by atomic mass is 9.47. The lowest BCUT2D eigenvalue weighted by Crippen LogP contribution is -2.53. The molecule has 0 aromatic carbocycles. The second-order valence-electron chi connectivity index (χ2n) is 8.99. The fraction of sp³-hybridized carbons (Fsp3) is 0.800. The Morgan fingerprint density at radius 3 is 2.45 bits per heavy atom. The Bertz CT molecular complexity index is 574. The molecule has 4 aliphatic rings. The summed E-state index contributed by atoms with van der Waals surface area (Å²) in [5, 5.41) is 0. The Morgan fingerprint density at radius 1 is 1.00 bits per heavy atom. The van der Waals surface area contributed by atoms with Gasteiger partial charge in [0.25, 0.3) is 0 Å². The summed E-state index contributed by atoms with van der Waals surface area (Å²) >= 11 is 0. The maximum Gasteiger partial charge on any atom is 0.159 e. The molecule has 4 aliphatic carbocycles. The van der Waals surface area contributed by atoms with Gasteiger partial charge in [-0.1, -0.05) is 26.3 Å². The summed E-state index contributed by atoms with van der Waals surface area (Å²) in [6, 6.07) is 0. The molecule has 0 amide bonds. The van der Waals surface area contributed by atoms with E-state index in [-0.39, 0.29) is 16.7 Å². The predicted molar refractivity (Wildman–Crippen MR) is 86.3 cm³/mol. The number of carbonyl (C=O) groups excluding carboxylic acids is 2. The van der Waals surface area contributed by atoms with Gasteiger partial charge in [-0.2, -0.15) is 0 Å². The highest BCUT2D eigenvalue weighted by Crippen LogP contribution is 2.63. The zero-order valence-electron chi connectivity index (χ0n) is 14.2. The number of rotatable bonds is 0. The van der Waals surface area contributed by atoms with Gasteiger partial charge in [0, 0.05) is 17.8 Å². The molecule has 0 N–H and O–H groups in total. The topological polar surface area (TPSA) is 34.1 Å². The molecule has 2 heteroatoms. The second-order valence-corrected chi connectivity index (χ2v) is 8.99. The van der Waals surface area contributed by atoms with E-state index >= 15 is 0 Å². The smallest absolute Gasteiger partial charge is 0.159 e. The first-order valence-electron chi connectivity index (χ1n) is 9.14. The SMILES string of the molecule is C[C@H]1CC[C@@]2(C)C(=CC(=O)C3C2CC[C@]2(C)C(=O)CCC32)C1. The molecule has 2 nitrogen and oxygen atoms in total. The fourth-order valence-electron chi connectivity index (χ4n) is 6.36. The van der Waals surface area contributed by atoms with Crippen molar-refractivity contribution in [3.8, 4) is 0 Å². The van der Waals surface area contributed by atoms with Crippen LogP contribution in [0.4, 0.5) is 0 Å². The fourth-order valence-corrected chi connectivity index (χ4v) is 6.36. The van der Waals surface area contributed by atoms with E-state index in [2.05, 4.69) is 20.8 Å². The highest BCUT2D eigenvalue weighted by molar-refractivity contribution is 5.96. The van der Waals surface area contributed by atoms with Gasteiger partial charge in [0.05, 0.1) is 0 Å². The second kappa shape index (κ2) is 4.55. The van der Waals surface area contributed by atoms with E-state index in [9.17, 15) is 9.59 Å². The molecule has 0 aromatic rings. The molecule has 0 spiro atoms. The van der Waals surface area contributed by atoms with E-state index in [0.29, 0.717) is 35.7 Å². The third-order valence-corrected chi connectivity index (χ3v) is 7.90. The minimum absolute atomic E-state index is 0.118. The van der Waals surface area contributed by atoms with Crippen molar-refractivity contribution >= 4 is 11.6 Å². The van der Waals surface area contributed by atoms with Crippen molar-refractivity contribution in [3.63, 3.8) is 0 Å². The van der Waals surface area contributed by atoms with Crippen molar-refractivity contribution in [3.05, 3.63) is 11.6 Å². The van der Waals surface area contributed by atoms with E-state index in [0.717, 1.165) is 25.7 Å². The molecule has 0 radical (unpaired) electrons. The van der Waals surface area contributed by atoms with Crippen molar-refractivity contribution in [1.82, 2.24) is 0 Å². The molecular formula is C20H28O2. The van der Waals surface area contributed by atoms with Gasteiger partial charge in [-0.25, -0.2) is 0 Å². The molecule has 4 rings (SSSR count). The van der Waals surface area contributed by atoms with Crippen molar-refractivity contribution in [2.24, 2.45) is 34.5 Å². The lowest BCUT2D eigenvalue weighted by Gasteiger charge is -2.56. The predicted octanol–water partition coefficient (Wildman–Crippen LogP) is 4.33. The number of allylic oxidation sites excluding steroid dienone is 2. The average molecular weight is 300 g/mol. The summed E-state index contributed by atoms with van der Waals surface area (Å²) in [6.07, 6.45) is 9.33. The first-order chi connectivity index (χ1) is 10.4. The summed E-state index contributed by atoms with van der Waals surface area (Å²) in [4.78, 5) is 25.3. The highest BCUT2D eigenvalue weighted by Gasteiger charge is 2.60. The van der Waals surface area contributed by atoms with Gasteiger partial charge >= 0.3 is 0 Å². The van der Waals surface area contributed by atoms with Gasteiger partial charge in [-0.05, 0) is 67.8 Å². The van der Waals surface area contributed by atoms with Crippen LogP contribution in [0, 0.1) is 34.5 Å². The number of carbonyl (C=O) groups is 2. The quantitative estimate of drug-likeness (QED) is 0.667. The van der Waals surface area contributed by atoms with Crippen LogP contribution in [-0.2, 0) is 9.59 Å². The third-order valence-electron chi connectivity index (χ3n) is 7.90. The standard InChI is InChI=1S/C20H28O2/c1-12-6-8-19(2)13(10-12)11-16(21)18-14-4-5-17(22)20(14,3)9-7-15(18)19/h11-12,14-15,18H,4-10H2,1-3H3/t12-,14?,15?,18?,19-,20-/m0/s1. The normalized spacial score (nSPS) is 51.0. The van der Waals surface area contributed by atoms with Crippen LogP contribution in [0.3, 0.4) is 0 Å². The molecule has 0 aromatic heterocycles. The third kappa shape index (κ3) is 1.73. The van der Waals surface area contributed by atoms with Gasteiger partial charge in [0.15, 0.2) is 5.78 Å². The van der Waals surface area contributed by atoms with Crippen LogP contribution in [0.25, 0.3) is 0 Å². The molecule has 120 valence electrons. The van der Waals surface area contributed by atoms with Gasteiger partial charge in [0.1, 0.15) is 5.78 Å². The summed E-state index contributed by atoms with van der Waals surface area (Å²) in [7, 11) is 0. The Kier molecular flexibility index (Phi) is 3.03. The van der Waals surface area contributed by atoms with Crippen molar-refractivity contribution in [2.45, 2.75) is 65.7 Å². The minimum Gasteiger partial charge on any atom is -0.299 e. The zero-order valence-corrected chi connectivity index (χ0v) is 14.2. The van der Waals surface area contributed by atoms with Crippen molar-refractivity contribution < 1.29 is 9.59 Å². The molecule has 3 saturated carbocycles. The summed E-state index contributed by atoms with van der Waals surface area (Å²) in [5.74, 6) is 2.38. The highest BCUT2D eigenvalue weighted by atomic mass is 16.1. The Morgan fingerprint density at radius 2 is 1.68 bits per heavy atom. The van der Waals surface area contributed by atoms with E-state index < -0.39 is 0 Å². The summed E-state index contributed by atoms with van der Waals surface area (Å²) in [5.41, 5.74) is 1.43. The molecule has 3 fully saturated rings. The summed E-state index contributed by atoms with van der Waals surface area (Å²) in [6.45, 7) is 6.86. The Balaban J connectivity index is 1.76. The van der Waals surface area contributed by atoms with Gasteiger partial charge in [0.2, 0.25) is 0 Å². The zero-order chi connectivity index (χ0) is 15.7. The number of ketones is 2. The molecule has 6 atom stereocenters. The van der Waals surface area contributed by atoms with Crippen LogP contribution in [0.1, 0.15) is 65.7 Å². The number of Topliss-reactive ketones (excluding diaryl/α,β-unsaturated/α-hetero) is 1. The molecule has 0 bridgehead atoms. The van der Waals surface area contributed by atoms with Gasteiger partial charge in [-0.3, -0.25) is 9.59 Å². The van der Waals surface area contributed by atoms with Crippen LogP contribution in [0.2, 0.25) is 0 Å². The molecular weight excluding hydrogens is 272 g/mol. The lowest BCUT2D eigenvalue weighted by molar-refractivity contribution is -0.139. The number of fused-ring (bicyclic) bond motifs is 5. The largest absolute Gasteiger partial charge is 0.299 e. The van der Waals surface area contributed by atoms with Crippen molar-refractivity contribution in [1.29, 1.82) is 0 Å². The van der Waals surface area contributed by atoms with Crippen LogP contribution >= 0.6 is 0 Å². The maximum atomic E-state index is 12.9.